The third kappa shape index (κ3) is 9.00. The highest BCUT2D eigenvalue weighted by Crippen LogP contribution is 2.15. The quantitative estimate of drug-likeness (QED) is 0.314. The highest BCUT2D eigenvalue weighted by molar-refractivity contribution is 14.0. The van der Waals surface area contributed by atoms with Crippen molar-refractivity contribution in [3.63, 3.8) is 0 Å². The Morgan fingerprint density at radius 1 is 1.35 bits per heavy atom. The zero-order chi connectivity index (χ0) is 14.1. The summed E-state index contributed by atoms with van der Waals surface area (Å²) in [4.78, 5) is 6.83. The van der Waals surface area contributed by atoms with E-state index in [0.29, 0.717) is 5.92 Å². The first kappa shape index (κ1) is 20.0. The average molecular weight is 396 g/mol. The summed E-state index contributed by atoms with van der Waals surface area (Å²) in [7, 11) is 1.84. The lowest BCUT2D eigenvalue weighted by Gasteiger charge is -2.30. The largest absolute Gasteiger partial charge is 0.356 e. The van der Waals surface area contributed by atoms with E-state index in [1.54, 1.807) is 0 Å². The molecule has 1 aliphatic heterocycles. The first-order valence-electron chi connectivity index (χ1n) is 7.78. The van der Waals surface area contributed by atoms with E-state index < -0.39 is 0 Å². The molecule has 0 aliphatic carbocycles. The summed E-state index contributed by atoms with van der Waals surface area (Å²) in [6.45, 7) is 12.5. The Hall–Kier alpha value is -0.0400. The molecule has 0 radical (unpaired) electrons. The average Bonchev–Trinajstić information content (AvgIpc) is 2.38. The second-order valence-corrected chi connectivity index (χ2v) is 6.18. The predicted octanol–water partition coefficient (Wildman–Crippen LogP) is 2.55. The minimum atomic E-state index is 0. The van der Waals surface area contributed by atoms with Gasteiger partial charge in [0.05, 0.1) is 0 Å². The van der Waals surface area contributed by atoms with Crippen LogP contribution in [0, 0.1) is 11.8 Å². The van der Waals surface area contributed by atoms with Gasteiger partial charge in [0.1, 0.15) is 0 Å². The summed E-state index contributed by atoms with van der Waals surface area (Å²) in [6, 6.07) is 0. The van der Waals surface area contributed by atoms with Gasteiger partial charge in [-0.2, -0.15) is 0 Å². The van der Waals surface area contributed by atoms with E-state index in [1.807, 2.05) is 7.05 Å². The number of nitrogens with zero attached hydrogens (tertiary/aromatic N) is 2. The van der Waals surface area contributed by atoms with Crippen molar-refractivity contribution in [1.29, 1.82) is 0 Å². The number of likely N-dealkylation sites (tertiary alicyclic amines) is 1. The molecule has 0 aromatic rings. The van der Waals surface area contributed by atoms with Crippen molar-refractivity contribution in [3.05, 3.63) is 0 Å². The molecule has 1 saturated heterocycles. The van der Waals surface area contributed by atoms with Gasteiger partial charge in [0.15, 0.2) is 5.96 Å². The van der Waals surface area contributed by atoms with Gasteiger partial charge >= 0.3 is 0 Å². The van der Waals surface area contributed by atoms with E-state index in [1.165, 1.54) is 38.9 Å². The Bertz CT molecular complexity index is 269. The summed E-state index contributed by atoms with van der Waals surface area (Å²) < 4.78 is 0. The second-order valence-electron chi connectivity index (χ2n) is 6.18. The van der Waals surface area contributed by atoms with Gasteiger partial charge in [-0.05, 0) is 44.2 Å². The Morgan fingerprint density at radius 2 is 2.10 bits per heavy atom. The maximum atomic E-state index is 4.24. The van der Waals surface area contributed by atoms with Crippen LogP contribution in [-0.2, 0) is 0 Å². The molecule has 1 rings (SSSR count). The standard InChI is InChI=1S/C15H32N4.HI/c1-13(2)11-18-15(16-4)17-8-6-10-19-9-5-7-14(3)12-19;/h13-14H,5-12H2,1-4H3,(H2,16,17,18);1H. The van der Waals surface area contributed by atoms with E-state index in [-0.39, 0.29) is 24.0 Å². The van der Waals surface area contributed by atoms with Crippen molar-refractivity contribution in [3.8, 4) is 0 Å². The number of piperidine rings is 1. The smallest absolute Gasteiger partial charge is 0.190 e. The van der Waals surface area contributed by atoms with E-state index >= 15 is 0 Å². The zero-order valence-corrected chi connectivity index (χ0v) is 15.9. The SMILES string of the molecule is CN=C(NCCCN1CCCC(C)C1)NCC(C)C.I. The number of nitrogens with one attached hydrogen (secondary N) is 2. The molecule has 1 unspecified atom stereocenters. The fourth-order valence-corrected chi connectivity index (χ4v) is 2.52. The van der Waals surface area contributed by atoms with Crippen LogP contribution in [0.4, 0.5) is 0 Å². The zero-order valence-electron chi connectivity index (χ0n) is 13.6. The van der Waals surface area contributed by atoms with Gasteiger partial charge in [-0.1, -0.05) is 20.8 Å². The third-order valence-corrected chi connectivity index (χ3v) is 3.59. The van der Waals surface area contributed by atoms with Gasteiger partial charge in [-0.15, -0.1) is 24.0 Å². The van der Waals surface area contributed by atoms with Gasteiger partial charge in [0, 0.05) is 26.7 Å². The van der Waals surface area contributed by atoms with Crippen LogP contribution in [0.3, 0.4) is 0 Å². The van der Waals surface area contributed by atoms with Crippen molar-refractivity contribution >= 4 is 29.9 Å². The fourth-order valence-electron chi connectivity index (χ4n) is 2.52. The Balaban J connectivity index is 0.00000361. The molecule has 2 N–H and O–H groups in total. The normalized spacial score (nSPS) is 20.6. The molecule has 0 amide bonds. The summed E-state index contributed by atoms with van der Waals surface area (Å²) in [6.07, 6.45) is 3.96. The molecule has 0 bridgehead atoms. The molecule has 120 valence electrons. The lowest BCUT2D eigenvalue weighted by Crippen LogP contribution is -2.41. The maximum Gasteiger partial charge on any atom is 0.190 e. The lowest BCUT2D eigenvalue weighted by atomic mass is 10.0. The van der Waals surface area contributed by atoms with Gasteiger partial charge < -0.3 is 15.5 Å². The molecule has 0 aromatic heterocycles. The second kappa shape index (κ2) is 11.6. The number of halogens is 1. The van der Waals surface area contributed by atoms with Crippen LogP contribution < -0.4 is 10.6 Å². The van der Waals surface area contributed by atoms with E-state index in [2.05, 4.69) is 41.3 Å². The molecule has 0 saturated carbocycles. The van der Waals surface area contributed by atoms with Crippen LogP contribution in [0.25, 0.3) is 0 Å². The molecule has 1 atom stereocenters. The highest BCUT2D eigenvalue weighted by atomic mass is 127. The Morgan fingerprint density at radius 3 is 2.70 bits per heavy atom. The van der Waals surface area contributed by atoms with E-state index in [0.717, 1.165) is 25.0 Å². The molecule has 1 aliphatic rings. The molecule has 1 fully saturated rings. The van der Waals surface area contributed by atoms with Crippen molar-refractivity contribution in [2.45, 2.75) is 40.0 Å². The van der Waals surface area contributed by atoms with Gasteiger partial charge in [-0.25, -0.2) is 0 Å². The van der Waals surface area contributed by atoms with Crippen molar-refractivity contribution in [2.75, 3.05) is 39.8 Å². The summed E-state index contributed by atoms with van der Waals surface area (Å²) >= 11 is 0. The van der Waals surface area contributed by atoms with Crippen LogP contribution in [-0.4, -0.2) is 50.6 Å². The van der Waals surface area contributed by atoms with Crippen LogP contribution in [0.15, 0.2) is 4.99 Å². The van der Waals surface area contributed by atoms with Gasteiger partial charge in [-0.3, -0.25) is 4.99 Å². The lowest BCUT2D eigenvalue weighted by molar-refractivity contribution is 0.182. The highest BCUT2D eigenvalue weighted by Gasteiger charge is 2.15. The van der Waals surface area contributed by atoms with Crippen LogP contribution >= 0.6 is 24.0 Å². The van der Waals surface area contributed by atoms with Crippen LogP contribution in [0.1, 0.15) is 40.0 Å². The van der Waals surface area contributed by atoms with Crippen LogP contribution in [0.2, 0.25) is 0 Å². The van der Waals surface area contributed by atoms with Crippen LogP contribution in [0.5, 0.6) is 0 Å². The minimum Gasteiger partial charge on any atom is -0.356 e. The Kier molecular flexibility index (Phi) is 11.6. The Labute approximate surface area is 142 Å². The molecule has 20 heavy (non-hydrogen) atoms. The minimum absolute atomic E-state index is 0. The number of guanidine groups is 1. The molecule has 0 spiro atoms. The maximum absolute atomic E-state index is 4.24. The topological polar surface area (TPSA) is 39.7 Å². The van der Waals surface area contributed by atoms with Crippen molar-refractivity contribution < 1.29 is 0 Å². The fraction of sp³-hybridized carbons (Fsp3) is 0.933. The molecular formula is C15H33IN4. The number of rotatable bonds is 6. The number of hydrogen-bond acceptors (Lipinski definition) is 2. The molecule has 5 heteroatoms. The molecule has 0 aromatic carbocycles. The van der Waals surface area contributed by atoms with Gasteiger partial charge in [0.25, 0.3) is 0 Å². The molecule has 1 heterocycles. The number of aliphatic imine (C=N–C) groups is 1. The predicted molar refractivity (Wildman–Crippen MR) is 99.1 cm³/mol. The third-order valence-electron chi connectivity index (χ3n) is 3.59. The van der Waals surface area contributed by atoms with Crippen molar-refractivity contribution in [2.24, 2.45) is 16.8 Å². The monoisotopic (exact) mass is 396 g/mol. The van der Waals surface area contributed by atoms with Gasteiger partial charge in [0.2, 0.25) is 0 Å². The van der Waals surface area contributed by atoms with E-state index in [4.69, 9.17) is 0 Å². The number of hydrogen-bond donors (Lipinski definition) is 2. The first-order chi connectivity index (χ1) is 9.11. The van der Waals surface area contributed by atoms with E-state index in [9.17, 15) is 0 Å². The summed E-state index contributed by atoms with van der Waals surface area (Å²) in [5.74, 6) is 2.45. The van der Waals surface area contributed by atoms with Crippen molar-refractivity contribution in [1.82, 2.24) is 15.5 Å². The summed E-state index contributed by atoms with van der Waals surface area (Å²) in [5.41, 5.74) is 0. The summed E-state index contributed by atoms with van der Waals surface area (Å²) in [5, 5.41) is 6.73. The molecule has 4 nitrogen and oxygen atoms in total. The molecular weight excluding hydrogens is 363 g/mol. The first-order valence-corrected chi connectivity index (χ1v) is 7.78.